The maximum absolute atomic E-state index is 13.6. The van der Waals surface area contributed by atoms with E-state index < -0.39 is 11.5 Å². The Morgan fingerprint density at radius 1 is 1.00 bits per heavy atom. The third-order valence-electron chi connectivity index (χ3n) is 6.15. The summed E-state index contributed by atoms with van der Waals surface area (Å²) in [6.07, 6.45) is 4.41. The predicted molar refractivity (Wildman–Crippen MR) is 118 cm³/mol. The highest BCUT2D eigenvalue weighted by Crippen LogP contribution is 2.43. The molecule has 1 heterocycles. The number of aliphatic hydroxyl groups is 1. The van der Waals surface area contributed by atoms with Gasteiger partial charge in [0, 0.05) is 14.1 Å². The molecule has 1 aliphatic heterocycles. The van der Waals surface area contributed by atoms with Crippen LogP contribution >= 0.6 is 0 Å². The van der Waals surface area contributed by atoms with Crippen molar-refractivity contribution in [1.82, 2.24) is 9.80 Å². The summed E-state index contributed by atoms with van der Waals surface area (Å²) in [4.78, 5) is 17.7. The second-order valence-corrected chi connectivity index (χ2v) is 8.36. The minimum atomic E-state index is -0.998. The topological polar surface area (TPSA) is 43.8 Å². The van der Waals surface area contributed by atoms with Crippen molar-refractivity contribution in [2.45, 2.75) is 43.6 Å². The molecule has 2 aromatic carbocycles. The molecule has 0 bridgehead atoms. The summed E-state index contributed by atoms with van der Waals surface area (Å²) in [7, 11) is 3.56. The molecule has 1 N–H and O–H groups in total. The SMILES string of the molecule is CN(C)C(=O)C(CCCN1CCCCC1)(c1ccccc1)C(O)c1ccccc1. The minimum Gasteiger partial charge on any atom is -0.387 e. The fraction of sp³-hybridized carbons (Fsp3) is 0.480. The number of likely N-dealkylation sites (N-methyl/N-ethyl adjacent to an activating group) is 1. The van der Waals surface area contributed by atoms with E-state index in [1.807, 2.05) is 60.7 Å². The first-order chi connectivity index (χ1) is 14.1. The Hall–Kier alpha value is -2.17. The standard InChI is InChI=1S/C25H34N2O2/c1-26(2)24(29)25(22-15-8-4-9-16-22,23(28)21-13-6-3-7-14-21)17-12-20-27-18-10-5-11-19-27/h3-4,6-9,13-16,23,28H,5,10-12,17-20H2,1-2H3. The smallest absolute Gasteiger partial charge is 0.235 e. The summed E-state index contributed by atoms with van der Waals surface area (Å²) in [5.41, 5.74) is 0.667. The maximum atomic E-state index is 13.6. The van der Waals surface area contributed by atoms with E-state index in [2.05, 4.69) is 4.90 Å². The Balaban J connectivity index is 1.96. The van der Waals surface area contributed by atoms with Crippen LogP contribution in [0.15, 0.2) is 60.7 Å². The summed E-state index contributed by atoms with van der Waals surface area (Å²) in [5, 5.41) is 11.6. The molecular formula is C25H34N2O2. The van der Waals surface area contributed by atoms with Gasteiger partial charge in [-0.05, 0) is 56.4 Å². The Labute approximate surface area is 175 Å². The highest BCUT2D eigenvalue weighted by atomic mass is 16.3. The molecule has 2 aromatic rings. The van der Waals surface area contributed by atoms with E-state index >= 15 is 0 Å². The zero-order chi connectivity index (χ0) is 20.7. The molecule has 1 fully saturated rings. The number of aliphatic hydroxyl groups excluding tert-OH is 1. The van der Waals surface area contributed by atoms with E-state index in [0.717, 1.165) is 37.2 Å². The van der Waals surface area contributed by atoms with Crippen LogP contribution in [0.3, 0.4) is 0 Å². The zero-order valence-corrected chi connectivity index (χ0v) is 17.8. The first-order valence-electron chi connectivity index (χ1n) is 10.8. The van der Waals surface area contributed by atoms with Crippen molar-refractivity contribution in [2.75, 3.05) is 33.7 Å². The van der Waals surface area contributed by atoms with Gasteiger partial charge in [-0.15, -0.1) is 0 Å². The molecule has 1 aliphatic rings. The fourth-order valence-corrected chi connectivity index (χ4v) is 4.61. The minimum absolute atomic E-state index is 0.0429. The molecule has 1 amide bonds. The number of amides is 1. The van der Waals surface area contributed by atoms with Crippen LogP contribution in [-0.4, -0.2) is 54.5 Å². The highest BCUT2D eigenvalue weighted by molar-refractivity contribution is 5.89. The van der Waals surface area contributed by atoms with Gasteiger partial charge in [0.1, 0.15) is 5.41 Å². The average molecular weight is 395 g/mol. The normalized spacial score (nSPS) is 18.0. The number of likely N-dealkylation sites (tertiary alicyclic amines) is 1. The van der Waals surface area contributed by atoms with E-state index in [1.165, 1.54) is 19.3 Å². The van der Waals surface area contributed by atoms with Crippen LogP contribution in [-0.2, 0) is 10.2 Å². The summed E-state index contributed by atoms with van der Waals surface area (Å²) >= 11 is 0. The van der Waals surface area contributed by atoms with Crippen molar-refractivity contribution in [3.8, 4) is 0 Å². The lowest BCUT2D eigenvalue weighted by atomic mass is 9.69. The summed E-state index contributed by atoms with van der Waals surface area (Å²) in [5.74, 6) is -0.0429. The van der Waals surface area contributed by atoms with Crippen LogP contribution in [0.25, 0.3) is 0 Å². The van der Waals surface area contributed by atoms with Gasteiger partial charge in [-0.1, -0.05) is 67.1 Å². The van der Waals surface area contributed by atoms with Crippen LogP contribution < -0.4 is 0 Å². The van der Waals surface area contributed by atoms with Gasteiger partial charge in [-0.3, -0.25) is 4.79 Å². The van der Waals surface area contributed by atoms with Gasteiger partial charge in [0.25, 0.3) is 0 Å². The van der Waals surface area contributed by atoms with E-state index in [9.17, 15) is 9.90 Å². The maximum Gasteiger partial charge on any atom is 0.235 e. The van der Waals surface area contributed by atoms with E-state index in [-0.39, 0.29) is 5.91 Å². The summed E-state index contributed by atoms with van der Waals surface area (Å²) < 4.78 is 0. The number of hydrogen-bond acceptors (Lipinski definition) is 3. The summed E-state index contributed by atoms with van der Waals surface area (Å²) in [6, 6.07) is 19.4. The second kappa shape index (κ2) is 10.0. The molecule has 4 nitrogen and oxygen atoms in total. The van der Waals surface area contributed by atoms with Gasteiger partial charge in [0.2, 0.25) is 5.91 Å². The number of benzene rings is 2. The van der Waals surface area contributed by atoms with Crippen molar-refractivity contribution in [2.24, 2.45) is 0 Å². The van der Waals surface area contributed by atoms with Crippen molar-refractivity contribution >= 4 is 5.91 Å². The molecule has 0 saturated carbocycles. The quantitative estimate of drug-likeness (QED) is 0.736. The molecular weight excluding hydrogens is 360 g/mol. The van der Waals surface area contributed by atoms with Gasteiger partial charge in [-0.2, -0.15) is 0 Å². The Morgan fingerprint density at radius 3 is 2.17 bits per heavy atom. The van der Waals surface area contributed by atoms with Crippen LogP contribution in [0, 0.1) is 0 Å². The van der Waals surface area contributed by atoms with Gasteiger partial charge in [-0.25, -0.2) is 0 Å². The van der Waals surface area contributed by atoms with Gasteiger partial charge in [0.15, 0.2) is 0 Å². The Morgan fingerprint density at radius 2 is 1.59 bits per heavy atom. The number of rotatable bonds is 8. The van der Waals surface area contributed by atoms with Crippen LogP contribution in [0.1, 0.15) is 49.3 Å². The Kier molecular flexibility index (Phi) is 7.45. The molecule has 2 atom stereocenters. The average Bonchev–Trinajstić information content (AvgIpc) is 2.78. The van der Waals surface area contributed by atoms with Crippen LogP contribution in [0.2, 0.25) is 0 Å². The van der Waals surface area contributed by atoms with Gasteiger partial charge < -0.3 is 14.9 Å². The highest BCUT2D eigenvalue weighted by Gasteiger charge is 2.47. The lowest BCUT2D eigenvalue weighted by molar-refractivity contribution is -0.140. The molecule has 29 heavy (non-hydrogen) atoms. The largest absolute Gasteiger partial charge is 0.387 e. The van der Waals surface area contributed by atoms with E-state index in [4.69, 9.17) is 0 Å². The van der Waals surface area contributed by atoms with Crippen molar-refractivity contribution in [3.63, 3.8) is 0 Å². The lowest BCUT2D eigenvalue weighted by Crippen LogP contribution is -2.48. The first-order valence-corrected chi connectivity index (χ1v) is 10.8. The first kappa shape index (κ1) is 21.5. The molecule has 0 aliphatic carbocycles. The molecule has 0 radical (unpaired) electrons. The zero-order valence-electron chi connectivity index (χ0n) is 17.8. The summed E-state index contributed by atoms with van der Waals surface area (Å²) in [6.45, 7) is 3.25. The predicted octanol–water partition coefficient (Wildman–Crippen LogP) is 4.01. The molecule has 1 saturated heterocycles. The number of piperidine rings is 1. The number of carbonyl (C=O) groups excluding carboxylic acids is 1. The molecule has 0 aromatic heterocycles. The second-order valence-electron chi connectivity index (χ2n) is 8.36. The van der Waals surface area contributed by atoms with Crippen molar-refractivity contribution in [1.29, 1.82) is 0 Å². The van der Waals surface area contributed by atoms with Crippen LogP contribution in [0.4, 0.5) is 0 Å². The van der Waals surface area contributed by atoms with E-state index in [0.29, 0.717) is 6.42 Å². The van der Waals surface area contributed by atoms with Gasteiger partial charge in [0.05, 0.1) is 6.10 Å². The van der Waals surface area contributed by atoms with E-state index in [1.54, 1.807) is 19.0 Å². The van der Waals surface area contributed by atoms with Crippen molar-refractivity contribution in [3.05, 3.63) is 71.8 Å². The molecule has 0 spiro atoms. The van der Waals surface area contributed by atoms with Gasteiger partial charge >= 0.3 is 0 Å². The third kappa shape index (κ3) is 4.88. The lowest BCUT2D eigenvalue weighted by Gasteiger charge is -2.40. The molecule has 4 heteroatoms. The monoisotopic (exact) mass is 394 g/mol. The molecule has 3 rings (SSSR count). The molecule has 2 unspecified atom stereocenters. The van der Waals surface area contributed by atoms with Crippen LogP contribution in [0.5, 0.6) is 0 Å². The Bertz CT molecular complexity index is 757. The number of hydrogen-bond donors (Lipinski definition) is 1. The number of carbonyl (C=O) groups is 1. The fourth-order valence-electron chi connectivity index (χ4n) is 4.61. The third-order valence-corrected chi connectivity index (χ3v) is 6.15. The number of nitrogens with zero attached hydrogens (tertiary/aromatic N) is 2. The van der Waals surface area contributed by atoms with Crippen molar-refractivity contribution < 1.29 is 9.90 Å². The molecule has 156 valence electrons.